The molecule has 0 spiro atoms. The smallest absolute Gasteiger partial charge is 0.223 e. The minimum Gasteiger partial charge on any atom is -0.383 e. The molecule has 0 saturated carbocycles. The van der Waals surface area contributed by atoms with Crippen LogP contribution in [0.5, 0.6) is 0 Å². The van der Waals surface area contributed by atoms with E-state index in [1.54, 1.807) is 7.11 Å². The van der Waals surface area contributed by atoms with Crippen molar-refractivity contribution in [1.29, 1.82) is 0 Å². The highest BCUT2D eigenvalue weighted by atomic mass is 32.2. The van der Waals surface area contributed by atoms with Gasteiger partial charge in [0.1, 0.15) is 0 Å². The molecule has 2 saturated heterocycles. The van der Waals surface area contributed by atoms with Gasteiger partial charge >= 0.3 is 0 Å². The SMILES string of the molecule is COCCN1C(=O)C[C@@H](CN[C@@H]2CCCSC2)[C@@H]1c1cnn(C)c1. The minimum absolute atomic E-state index is 0.102. The summed E-state index contributed by atoms with van der Waals surface area (Å²) in [4.78, 5) is 14.5. The lowest BCUT2D eigenvalue weighted by atomic mass is 9.95. The second kappa shape index (κ2) is 8.36. The normalized spacial score (nSPS) is 27.8. The lowest BCUT2D eigenvalue weighted by Gasteiger charge is -2.29. The van der Waals surface area contributed by atoms with E-state index in [0.717, 1.165) is 12.1 Å². The van der Waals surface area contributed by atoms with E-state index in [4.69, 9.17) is 4.74 Å². The molecule has 1 N–H and O–H groups in total. The Morgan fingerprint density at radius 2 is 2.38 bits per heavy atom. The summed E-state index contributed by atoms with van der Waals surface area (Å²) in [5.41, 5.74) is 1.13. The van der Waals surface area contributed by atoms with Crippen LogP contribution in [0.15, 0.2) is 12.4 Å². The first kappa shape index (κ1) is 17.8. The lowest BCUT2D eigenvalue weighted by molar-refractivity contribution is -0.129. The van der Waals surface area contributed by atoms with Gasteiger partial charge in [-0.1, -0.05) is 0 Å². The first-order valence-electron chi connectivity index (χ1n) is 8.77. The maximum Gasteiger partial charge on any atom is 0.223 e. The van der Waals surface area contributed by atoms with Crippen LogP contribution >= 0.6 is 11.8 Å². The van der Waals surface area contributed by atoms with E-state index in [2.05, 4.69) is 10.4 Å². The molecule has 3 heterocycles. The Morgan fingerprint density at radius 3 is 3.04 bits per heavy atom. The number of thioether (sulfide) groups is 1. The molecule has 3 atom stereocenters. The fourth-order valence-corrected chi connectivity index (χ4v) is 4.87. The zero-order valence-electron chi connectivity index (χ0n) is 14.6. The van der Waals surface area contributed by atoms with Gasteiger partial charge in [0, 0.05) is 63.1 Å². The molecule has 2 fully saturated rings. The van der Waals surface area contributed by atoms with E-state index in [1.807, 2.05) is 40.8 Å². The van der Waals surface area contributed by atoms with Crippen LogP contribution in [0.1, 0.15) is 30.9 Å². The number of carbonyl (C=O) groups excluding carboxylic acids is 1. The Kier molecular flexibility index (Phi) is 6.19. The molecule has 1 aromatic heterocycles. The number of carbonyl (C=O) groups is 1. The van der Waals surface area contributed by atoms with Crippen LogP contribution < -0.4 is 5.32 Å². The monoisotopic (exact) mass is 352 g/mol. The molecule has 1 amide bonds. The second-order valence-electron chi connectivity index (χ2n) is 6.76. The van der Waals surface area contributed by atoms with Gasteiger partial charge in [0.15, 0.2) is 0 Å². The number of ether oxygens (including phenoxy) is 1. The number of rotatable bonds is 7. The molecule has 134 valence electrons. The van der Waals surface area contributed by atoms with E-state index in [0.29, 0.717) is 31.5 Å². The average molecular weight is 353 g/mol. The number of nitrogens with one attached hydrogen (secondary N) is 1. The third kappa shape index (κ3) is 4.13. The highest BCUT2D eigenvalue weighted by Crippen LogP contribution is 2.37. The molecule has 7 heteroatoms. The minimum atomic E-state index is 0.102. The van der Waals surface area contributed by atoms with Gasteiger partial charge in [-0.05, 0) is 18.6 Å². The Morgan fingerprint density at radius 1 is 1.50 bits per heavy atom. The zero-order chi connectivity index (χ0) is 16.9. The molecule has 3 rings (SSSR count). The van der Waals surface area contributed by atoms with Crippen molar-refractivity contribution < 1.29 is 9.53 Å². The number of aromatic nitrogens is 2. The summed E-state index contributed by atoms with van der Waals surface area (Å²) in [5, 5.41) is 8.02. The molecule has 2 aliphatic rings. The number of likely N-dealkylation sites (tertiary alicyclic amines) is 1. The van der Waals surface area contributed by atoms with Crippen molar-refractivity contribution in [3.63, 3.8) is 0 Å². The van der Waals surface area contributed by atoms with Crippen molar-refractivity contribution in [3.05, 3.63) is 18.0 Å². The first-order chi connectivity index (χ1) is 11.7. The number of aryl methyl sites for hydroxylation is 1. The van der Waals surface area contributed by atoms with Gasteiger partial charge in [0.25, 0.3) is 0 Å². The number of nitrogens with zero attached hydrogens (tertiary/aromatic N) is 3. The molecule has 1 aromatic rings. The quantitative estimate of drug-likeness (QED) is 0.805. The summed E-state index contributed by atoms with van der Waals surface area (Å²) >= 11 is 2.03. The van der Waals surface area contributed by atoms with Crippen LogP contribution in [0.25, 0.3) is 0 Å². The topological polar surface area (TPSA) is 59.4 Å². The molecular formula is C17H28N4O2S. The predicted octanol–water partition coefficient (Wildman–Crippen LogP) is 1.44. The summed E-state index contributed by atoms with van der Waals surface area (Å²) in [6, 6.07) is 0.687. The van der Waals surface area contributed by atoms with E-state index in [9.17, 15) is 4.79 Å². The second-order valence-corrected chi connectivity index (χ2v) is 7.91. The molecule has 0 aliphatic carbocycles. The average Bonchev–Trinajstić information content (AvgIpc) is 3.15. The summed E-state index contributed by atoms with van der Waals surface area (Å²) in [5.74, 6) is 2.99. The van der Waals surface area contributed by atoms with E-state index >= 15 is 0 Å². The maximum absolute atomic E-state index is 12.5. The van der Waals surface area contributed by atoms with Crippen molar-refractivity contribution in [1.82, 2.24) is 20.0 Å². The molecule has 0 radical (unpaired) electrons. The van der Waals surface area contributed by atoms with Gasteiger partial charge in [0.2, 0.25) is 5.91 Å². The lowest BCUT2D eigenvalue weighted by Crippen LogP contribution is -2.39. The fourth-order valence-electron chi connectivity index (χ4n) is 3.76. The standard InChI is InChI=1S/C17H28N4O2S/c1-20-11-14(10-19-20)17-13(8-16(22)21(17)5-6-23-2)9-18-15-4-3-7-24-12-15/h10-11,13,15,17-18H,3-9,12H2,1-2H3/t13-,15+,17+/m0/s1. The Labute approximate surface area is 148 Å². The fraction of sp³-hybridized carbons (Fsp3) is 0.765. The van der Waals surface area contributed by atoms with Gasteiger partial charge in [-0.25, -0.2) is 0 Å². The Hall–Kier alpha value is -1.05. The number of hydrogen-bond acceptors (Lipinski definition) is 5. The van der Waals surface area contributed by atoms with E-state index in [-0.39, 0.29) is 11.9 Å². The molecular weight excluding hydrogens is 324 g/mol. The molecule has 0 unspecified atom stereocenters. The van der Waals surface area contributed by atoms with Crippen LogP contribution in [0, 0.1) is 5.92 Å². The van der Waals surface area contributed by atoms with Crippen molar-refractivity contribution in [2.45, 2.75) is 31.3 Å². The van der Waals surface area contributed by atoms with Crippen molar-refractivity contribution in [3.8, 4) is 0 Å². The van der Waals surface area contributed by atoms with Gasteiger partial charge in [0.05, 0.1) is 18.8 Å². The third-order valence-corrected chi connectivity index (χ3v) is 6.19. The van der Waals surface area contributed by atoms with Crippen molar-refractivity contribution in [2.24, 2.45) is 13.0 Å². The number of hydrogen-bond donors (Lipinski definition) is 1. The third-order valence-electron chi connectivity index (χ3n) is 4.97. The van der Waals surface area contributed by atoms with Gasteiger partial charge in [-0.3, -0.25) is 9.48 Å². The summed E-state index contributed by atoms with van der Waals surface area (Å²) in [7, 11) is 3.60. The highest BCUT2D eigenvalue weighted by molar-refractivity contribution is 7.99. The van der Waals surface area contributed by atoms with E-state index in [1.165, 1.54) is 24.3 Å². The zero-order valence-corrected chi connectivity index (χ0v) is 15.4. The van der Waals surface area contributed by atoms with E-state index < -0.39 is 0 Å². The maximum atomic E-state index is 12.5. The van der Waals surface area contributed by atoms with Gasteiger partial charge < -0.3 is 15.0 Å². The summed E-state index contributed by atoms with van der Waals surface area (Å²) in [6.07, 6.45) is 7.08. The van der Waals surface area contributed by atoms with Crippen LogP contribution in [0.4, 0.5) is 0 Å². The molecule has 6 nitrogen and oxygen atoms in total. The van der Waals surface area contributed by atoms with Crippen molar-refractivity contribution in [2.75, 3.05) is 38.3 Å². The summed E-state index contributed by atoms with van der Waals surface area (Å²) < 4.78 is 7.01. The molecule has 24 heavy (non-hydrogen) atoms. The number of amides is 1. The van der Waals surface area contributed by atoms with Crippen LogP contribution in [-0.2, 0) is 16.6 Å². The predicted molar refractivity (Wildman–Crippen MR) is 96.0 cm³/mol. The molecule has 0 aromatic carbocycles. The van der Waals surface area contributed by atoms with Crippen LogP contribution in [-0.4, -0.2) is 64.9 Å². The van der Waals surface area contributed by atoms with Crippen LogP contribution in [0.2, 0.25) is 0 Å². The highest BCUT2D eigenvalue weighted by Gasteiger charge is 2.40. The first-order valence-corrected chi connectivity index (χ1v) is 9.92. The largest absolute Gasteiger partial charge is 0.383 e. The molecule has 0 bridgehead atoms. The number of methoxy groups -OCH3 is 1. The van der Waals surface area contributed by atoms with Crippen LogP contribution in [0.3, 0.4) is 0 Å². The Balaban J connectivity index is 1.69. The van der Waals surface area contributed by atoms with Gasteiger partial charge in [-0.2, -0.15) is 16.9 Å². The van der Waals surface area contributed by atoms with Gasteiger partial charge in [-0.15, -0.1) is 0 Å². The summed E-state index contributed by atoms with van der Waals surface area (Å²) in [6.45, 7) is 2.10. The van der Waals surface area contributed by atoms with Crippen molar-refractivity contribution >= 4 is 17.7 Å². The Bertz CT molecular complexity index is 544. The molecule has 2 aliphatic heterocycles.